The molecule has 0 saturated carbocycles. The van der Waals surface area contributed by atoms with E-state index in [4.69, 9.17) is 15.9 Å². The lowest BCUT2D eigenvalue weighted by molar-refractivity contribution is -0.137. The van der Waals surface area contributed by atoms with Crippen LogP contribution in [0.4, 0.5) is 0 Å². The third-order valence-corrected chi connectivity index (χ3v) is 8.03. The van der Waals surface area contributed by atoms with Crippen LogP contribution in [0.5, 0.6) is 11.5 Å². The fourth-order valence-electron chi connectivity index (χ4n) is 4.89. The fraction of sp³-hybridized carbons (Fsp3) is 0.188. The summed E-state index contributed by atoms with van der Waals surface area (Å²) < 4.78 is 5.77. The second-order valence-electron chi connectivity index (χ2n) is 9.96. The first-order valence-electron chi connectivity index (χ1n) is 13.5. The minimum atomic E-state index is -0.679. The monoisotopic (exact) mass is 581 g/mol. The Labute approximate surface area is 247 Å². The molecule has 4 aromatic rings. The maximum atomic E-state index is 13.4. The lowest BCUT2D eigenvalue weighted by Gasteiger charge is -2.24. The number of amidine groups is 1. The van der Waals surface area contributed by atoms with Crippen LogP contribution in [0.25, 0.3) is 0 Å². The molecule has 3 amide bonds. The van der Waals surface area contributed by atoms with Gasteiger partial charge in [0.1, 0.15) is 23.4 Å². The number of nitrogen functional groups attached to an aromatic ring is 1. The summed E-state index contributed by atoms with van der Waals surface area (Å²) in [6, 6.07) is 26.9. The van der Waals surface area contributed by atoms with E-state index in [2.05, 4.69) is 10.6 Å². The van der Waals surface area contributed by atoms with Gasteiger partial charge in [-0.1, -0.05) is 48.5 Å². The number of hydrogen-bond acceptors (Lipinski definition) is 6. The van der Waals surface area contributed by atoms with Crippen LogP contribution in [0.2, 0.25) is 0 Å². The Morgan fingerprint density at radius 2 is 1.57 bits per heavy atom. The summed E-state index contributed by atoms with van der Waals surface area (Å²) >= 11 is 1.41. The maximum absolute atomic E-state index is 13.4. The van der Waals surface area contributed by atoms with Crippen LogP contribution in [0, 0.1) is 5.41 Å². The van der Waals surface area contributed by atoms with Gasteiger partial charge in [-0.3, -0.25) is 19.8 Å². The van der Waals surface area contributed by atoms with Gasteiger partial charge in [-0.15, -0.1) is 11.3 Å². The number of ether oxygens (including phenoxy) is 1. The number of benzene rings is 3. The number of para-hydroxylation sites is 1. The van der Waals surface area contributed by atoms with Crippen molar-refractivity contribution in [1.29, 1.82) is 5.41 Å². The molecule has 5 rings (SSSR count). The van der Waals surface area contributed by atoms with Gasteiger partial charge in [-0.05, 0) is 54.4 Å². The Kier molecular flexibility index (Phi) is 8.93. The molecule has 1 aromatic heterocycles. The van der Waals surface area contributed by atoms with Crippen LogP contribution in [0.3, 0.4) is 0 Å². The van der Waals surface area contributed by atoms with Gasteiger partial charge in [-0.25, -0.2) is 0 Å². The Bertz CT molecular complexity index is 1560. The third-order valence-electron chi connectivity index (χ3n) is 7.09. The van der Waals surface area contributed by atoms with Gasteiger partial charge in [0.15, 0.2) is 0 Å². The molecule has 1 fully saturated rings. The first kappa shape index (κ1) is 28.6. The zero-order valence-electron chi connectivity index (χ0n) is 22.8. The van der Waals surface area contributed by atoms with E-state index in [1.165, 1.54) is 11.3 Å². The molecule has 9 nitrogen and oxygen atoms in total. The molecule has 0 spiro atoms. The van der Waals surface area contributed by atoms with E-state index in [1.54, 1.807) is 40.6 Å². The smallest absolute Gasteiger partial charge is 0.251 e. The molecule has 0 unspecified atom stereocenters. The van der Waals surface area contributed by atoms with Crippen molar-refractivity contribution in [2.45, 2.75) is 24.9 Å². The van der Waals surface area contributed by atoms with E-state index >= 15 is 0 Å². The number of carbonyl (C=O) groups is 3. The molecule has 0 aliphatic carbocycles. The molecule has 2 atom stereocenters. The molecule has 3 aromatic carbocycles. The predicted molar refractivity (Wildman–Crippen MR) is 162 cm³/mol. The van der Waals surface area contributed by atoms with Crippen LogP contribution in [0.1, 0.15) is 38.7 Å². The molecular weight excluding hydrogens is 550 g/mol. The average Bonchev–Trinajstić information content (AvgIpc) is 3.68. The van der Waals surface area contributed by atoms with Crippen LogP contribution in [-0.4, -0.2) is 47.6 Å². The van der Waals surface area contributed by atoms with Crippen molar-refractivity contribution in [2.24, 2.45) is 5.73 Å². The Balaban J connectivity index is 1.21. The molecule has 5 N–H and O–H groups in total. The second-order valence-corrected chi connectivity index (χ2v) is 11.0. The topological polar surface area (TPSA) is 138 Å². The highest BCUT2D eigenvalue weighted by Crippen LogP contribution is 2.32. The number of thiophene rings is 1. The van der Waals surface area contributed by atoms with Crippen LogP contribution < -0.4 is 21.1 Å². The van der Waals surface area contributed by atoms with Gasteiger partial charge in [0.2, 0.25) is 11.8 Å². The van der Waals surface area contributed by atoms with E-state index in [0.717, 1.165) is 10.4 Å². The summed E-state index contributed by atoms with van der Waals surface area (Å²) in [5.74, 6) is 0.251. The zero-order chi connectivity index (χ0) is 29.5. The SMILES string of the molecule is N=C(N)c1csc(CNC(=O)[C@@H]2C[C@@H](c3ccccc3)CN2C(=O)CNC(=O)c2ccc(Oc3ccccc3)cc2)c1. The van der Waals surface area contributed by atoms with Crippen molar-refractivity contribution in [3.63, 3.8) is 0 Å². The highest BCUT2D eigenvalue weighted by atomic mass is 32.1. The third kappa shape index (κ3) is 7.02. The van der Waals surface area contributed by atoms with E-state index in [-0.39, 0.29) is 36.7 Å². The molecule has 1 saturated heterocycles. The number of rotatable bonds is 10. The number of likely N-dealkylation sites (tertiary alicyclic amines) is 1. The minimum absolute atomic E-state index is 0.00943. The van der Waals surface area contributed by atoms with Gasteiger partial charge in [0.05, 0.1) is 13.1 Å². The Morgan fingerprint density at radius 3 is 2.24 bits per heavy atom. The molecule has 0 bridgehead atoms. The van der Waals surface area contributed by atoms with Crippen molar-refractivity contribution in [3.8, 4) is 11.5 Å². The van der Waals surface area contributed by atoms with Crippen LogP contribution >= 0.6 is 11.3 Å². The van der Waals surface area contributed by atoms with Crippen LogP contribution in [0.15, 0.2) is 96.4 Å². The van der Waals surface area contributed by atoms with Crippen LogP contribution in [-0.2, 0) is 16.1 Å². The number of nitrogens with zero attached hydrogens (tertiary/aromatic N) is 1. The number of amides is 3. The highest BCUT2D eigenvalue weighted by molar-refractivity contribution is 7.10. The van der Waals surface area contributed by atoms with E-state index in [1.807, 2.05) is 60.7 Å². The molecule has 0 radical (unpaired) electrons. The van der Waals surface area contributed by atoms with Gasteiger partial charge in [0, 0.05) is 33.8 Å². The number of carbonyl (C=O) groups excluding carboxylic acids is 3. The maximum Gasteiger partial charge on any atom is 0.251 e. The summed E-state index contributed by atoms with van der Waals surface area (Å²) in [6.45, 7) is 0.404. The summed E-state index contributed by atoms with van der Waals surface area (Å²) in [5, 5.41) is 15.0. The fourth-order valence-corrected chi connectivity index (χ4v) is 5.72. The second kappa shape index (κ2) is 13.1. The van der Waals surface area contributed by atoms with Gasteiger partial charge >= 0.3 is 0 Å². The van der Waals surface area contributed by atoms with Crippen molar-refractivity contribution in [2.75, 3.05) is 13.1 Å². The predicted octanol–water partition coefficient (Wildman–Crippen LogP) is 4.26. The first-order valence-corrected chi connectivity index (χ1v) is 14.4. The summed E-state index contributed by atoms with van der Waals surface area (Å²) in [6.07, 6.45) is 0.474. The van der Waals surface area contributed by atoms with Crippen molar-refractivity contribution in [3.05, 3.63) is 118 Å². The normalized spacial score (nSPS) is 16.0. The summed E-state index contributed by atoms with van der Waals surface area (Å²) in [5.41, 5.74) is 7.60. The zero-order valence-corrected chi connectivity index (χ0v) is 23.6. The highest BCUT2D eigenvalue weighted by Gasteiger charge is 2.40. The summed E-state index contributed by atoms with van der Waals surface area (Å²) in [7, 11) is 0. The number of nitrogens with two attached hydrogens (primary N) is 1. The van der Waals surface area contributed by atoms with Gasteiger partial charge < -0.3 is 26.0 Å². The quantitative estimate of drug-likeness (QED) is 0.164. The molecule has 214 valence electrons. The lowest BCUT2D eigenvalue weighted by Crippen LogP contribution is -2.48. The van der Waals surface area contributed by atoms with Gasteiger partial charge in [0.25, 0.3) is 5.91 Å². The van der Waals surface area contributed by atoms with Crippen molar-refractivity contribution < 1.29 is 19.1 Å². The summed E-state index contributed by atoms with van der Waals surface area (Å²) in [4.78, 5) is 41.9. The Morgan fingerprint density at radius 1 is 0.905 bits per heavy atom. The van der Waals surface area contributed by atoms with Gasteiger partial charge in [-0.2, -0.15) is 0 Å². The van der Waals surface area contributed by atoms with E-state index in [0.29, 0.717) is 35.6 Å². The van der Waals surface area contributed by atoms with E-state index < -0.39 is 11.9 Å². The van der Waals surface area contributed by atoms with Crippen molar-refractivity contribution >= 4 is 34.9 Å². The molecular formula is C32H31N5O4S. The van der Waals surface area contributed by atoms with E-state index in [9.17, 15) is 14.4 Å². The number of nitrogens with one attached hydrogen (secondary N) is 3. The molecule has 10 heteroatoms. The molecule has 42 heavy (non-hydrogen) atoms. The average molecular weight is 582 g/mol. The minimum Gasteiger partial charge on any atom is -0.457 e. The first-order chi connectivity index (χ1) is 20.4. The lowest BCUT2D eigenvalue weighted by atomic mass is 9.96. The molecule has 2 heterocycles. The molecule has 1 aliphatic heterocycles. The van der Waals surface area contributed by atoms with Crippen molar-refractivity contribution in [1.82, 2.24) is 15.5 Å². The molecule has 1 aliphatic rings. The largest absolute Gasteiger partial charge is 0.457 e. The Hall–Kier alpha value is -4.96. The number of hydrogen-bond donors (Lipinski definition) is 4. The standard InChI is InChI=1S/C32H31N5O4S/c33-30(34)24-15-27(42-20-24)17-35-32(40)28-16-23(21-7-3-1-4-8-21)19-37(28)29(38)18-36-31(39)22-11-13-26(14-12-22)41-25-9-5-2-6-10-25/h1-15,20,23,28H,16-19H2,(H3,33,34)(H,35,40)(H,36,39)/t23-,28+/m1/s1.